The standard InChI is InChI=1S/C15H10BrNO4/c1-20-10-3-5-13(11(7-10)15(18)19)21-14-4-2-9(8-17)6-12(14)16/h2-7H,1H3,(H,18,19). The van der Waals surface area contributed by atoms with Crippen LogP contribution in [0.4, 0.5) is 0 Å². The summed E-state index contributed by atoms with van der Waals surface area (Å²) in [6, 6.07) is 11.3. The maximum atomic E-state index is 11.3. The van der Waals surface area contributed by atoms with Crippen molar-refractivity contribution in [2.24, 2.45) is 0 Å². The second-order valence-electron chi connectivity index (χ2n) is 4.03. The lowest BCUT2D eigenvalue weighted by molar-refractivity contribution is 0.0693. The second kappa shape index (κ2) is 6.29. The van der Waals surface area contributed by atoms with E-state index in [-0.39, 0.29) is 11.3 Å². The summed E-state index contributed by atoms with van der Waals surface area (Å²) >= 11 is 3.29. The van der Waals surface area contributed by atoms with Crippen LogP contribution >= 0.6 is 15.9 Å². The van der Waals surface area contributed by atoms with Gasteiger partial charge in [-0.1, -0.05) is 0 Å². The monoisotopic (exact) mass is 347 g/mol. The van der Waals surface area contributed by atoms with Crippen LogP contribution in [0.25, 0.3) is 0 Å². The van der Waals surface area contributed by atoms with Gasteiger partial charge >= 0.3 is 5.97 Å². The van der Waals surface area contributed by atoms with Crippen molar-refractivity contribution in [3.8, 4) is 23.3 Å². The highest BCUT2D eigenvalue weighted by Crippen LogP contribution is 2.33. The molecule has 0 amide bonds. The van der Waals surface area contributed by atoms with Gasteiger partial charge in [0.1, 0.15) is 22.8 Å². The lowest BCUT2D eigenvalue weighted by Crippen LogP contribution is -2.01. The van der Waals surface area contributed by atoms with Crippen molar-refractivity contribution in [1.82, 2.24) is 0 Å². The topological polar surface area (TPSA) is 79.5 Å². The number of carboxylic acid groups (broad SMARTS) is 1. The van der Waals surface area contributed by atoms with Crippen molar-refractivity contribution in [2.75, 3.05) is 7.11 Å². The third-order valence-electron chi connectivity index (χ3n) is 2.70. The van der Waals surface area contributed by atoms with E-state index in [2.05, 4.69) is 15.9 Å². The van der Waals surface area contributed by atoms with Crippen LogP contribution in [-0.2, 0) is 0 Å². The fourth-order valence-corrected chi connectivity index (χ4v) is 2.12. The molecular weight excluding hydrogens is 338 g/mol. The zero-order chi connectivity index (χ0) is 15.4. The van der Waals surface area contributed by atoms with Crippen LogP contribution in [0.5, 0.6) is 17.2 Å². The van der Waals surface area contributed by atoms with Crippen molar-refractivity contribution in [3.05, 3.63) is 52.0 Å². The molecule has 6 heteroatoms. The Morgan fingerprint density at radius 2 is 1.95 bits per heavy atom. The Morgan fingerprint density at radius 1 is 1.24 bits per heavy atom. The molecule has 1 N–H and O–H groups in total. The minimum absolute atomic E-state index is 0.00869. The highest BCUT2D eigenvalue weighted by Gasteiger charge is 2.15. The number of carbonyl (C=O) groups is 1. The van der Waals surface area contributed by atoms with Crippen LogP contribution in [0, 0.1) is 11.3 Å². The second-order valence-corrected chi connectivity index (χ2v) is 4.88. The lowest BCUT2D eigenvalue weighted by Gasteiger charge is -2.11. The molecule has 0 aliphatic heterocycles. The first-order chi connectivity index (χ1) is 10.0. The number of halogens is 1. The molecule has 0 atom stereocenters. The van der Waals surface area contributed by atoms with Gasteiger partial charge in [-0.15, -0.1) is 0 Å². The lowest BCUT2D eigenvalue weighted by atomic mass is 10.2. The third kappa shape index (κ3) is 3.33. The van der Waals surface area contributed by atoms with Gasteiger partial charge in [-0.25, -0.2) is 4.79 Å². The molecule has 2 aromatic carbocycles. The largest absolute Gasteiger partial charge is 0.497 e. The summed E-state index contributed by atoms with van der Waals surface area (Å²) in [7, 11) is 1.46. The zero-order valence-electron chi connectivity index (χ0n) is 11.0. The average molecular weight is 348 g/mol. The van der Waals surface area contributed by atoms with Crippen LogP contribution < -0.4 is 9.47 Å². The Balaban J connectivity index is 2.40. The normalized spacial score (nSPS) is 9.76. The summed E-state index contributed by atoms with van der Waals surface area (Å²) in [4.78, 5) is 11.3. The van der Waals surface area contributed by atoms with Gasteiger partial charge in [-0.2, -0.15) is 5.26 Å². The number of nitriles is 1. The van der Waals surface area contributed by atoms with Gasteiger partial charge in [0.25, 0.3) is 0 Å². The summed E-state index contributed by atoms with van der Waals surface area (Å²) in [5.74, 6) is -0.0808. The highest BCUT2D eigenvalue weighted by molar-refractivity contribution is 9.10. The predicted octanol–water partition coefficient (Wildman–Crippen LogP) is 3.82. The quantitative estimate of drug-likeness (QED) is 0.909. The number of hydrogen-bond acceptors (Lipinski definition) is 4. The minimum Gasteiger partial charge on any atom is -0.497 e. The Labute approximate surface area is 129 Å². The Kier molecular flexibility index (Phi) is 4.45. The van der Waals surface area contributed by atoms with Crippen LogP contribution in [0.15, 0.2) is 40.9 Å². The van der Waals surface area contributed by atoms with Crippen LogP contribution in [0.2, 0.25) is 0 Å². The van der Waals surface area contributed by atoms with Crippen molar-refractivity contribution in [2.45, 2.75) is 0 Å². The number of nitrogens with zero attached hydrogens (tertiary/aromatic N) is 1. The van der Waals surface area contributed by atoms with E-state index < -0.39 is 5.97 Å². The first-order valence-corrected chi connectivity index (χ1v) is 6.63. The first-order valence-electron chi connectivity index (χ1n) is 5.84. The van der Waals surface area contributed by atoms with Gasteiger partial charge in [0, 0.05) is 0 Å². The molecule has 0 heterocycles. The number of hydrogen-bond donors (Lipinski definition) is 1. The van der Waals surface area contributed by atoms with Crippen LogP contribution in [0.3, 0.4) is 0 Å². The fraction of sp³-hybridized carbons (Fsp3) is 0.0667. The van der Waals surface area contributed by atoms with E-state index in [1.807, 2.05) is 6.07 Å². The number of methoxy groups -OCH3 is 1. The molecule has 0 radical (unpaired) electrons. The smallest absolute Gasteiger partial charge is 0.339 e. The first kappa shape index (κ1) is 14.9. The Morgan fingerprint density at radius 3 is 2.52 bits per heavy atom. The summed E-state index contributed by atoms with van der Waals surface area (Å²) < 4.78 is 11.2. The fourth-order valence-electron chi connectivity index (χ4n) is 1.66. The number of carboxylic acids is 1. The van der Waals surface area contributed by atoms with E-state index >= 15 is 0 Å². The van der Waals surface area contributed by atoms with E-state index in [0.29, 0.717) is 21.5 Å². The molecule has 0 aliphatic carbocycles. The van der Waals surface area contributed by atoms with Crippen molar-refractivity contribution in [1.29, 1.82) is 5.26 Å². The van der Waals surface area contributed by atoms with E-state index in [1.165, 1.54) is 19.2 Å². The van der Waals surface area contributed by atoms with E-state index in [0.717, 1.165) is 0 Å². The molecule has 21 heavy (non-hydrogen) atoms. The molecule has 5 nitrogen and oxygen atoms in total. The Hall–Kier alpha value is -2.52. The molecule has 2 rings (SSSR count). The summed E-state index contributed by atoms with van der Waals surface area (Å²) in [5.41, 5.74) is 0.466. The minimum atomic E-state index is -1.12. The molecule has 106 valence electrons. The predicted molar refractivity (Wildman–Crippen MR) is 78.9 cm³/mol. The van der Waals surface area contributed by atoms with Crippen molar-refractivity contribution in [3.63, 3.8) is 0 Å². The van der Waals surface area contributed by atoms with E-state index in [9.17, 15) is 9.90 Å². The maximum absolute atomic E-state index is 11.3. The summed E-state index contributed by atoms with van der Waals surface area (Å²) in [5, 5.41) is 18.0. The molecule has 0 unspecified atom stereocenters. The van der Waals surface area contributed by atoms with Gasteiger partial charge in [0.05, 0.1) is 23.2 Å². The SMILES string of the molecule is COc1ccc(Oc2ccc(C#N)cc2Br)c(C(=O)O)c1. The van der Waals surface area contributed by atoms with Gasteiger partial charge in [-0.3, -0.25) is 0 Å². The van der Waals surface area contributed by atoms with Crippen molar-refractivity contribution < 1.29 is 19.4 Å². The van der Waals surface area contributed by atoms with Gasteiger partial charge < -0.3 is 14.6 Å². The number of rotatable bonds is 4. The van der Waals surface area contributed by atoms with Gasteiger partial charge in [0.15, 0.2) is 0 Å². The van der Waals surface area contributed by atoms with E-state index in [4.69, 9.17) is 14.7 Å². The van der Waals surface area contributed by atoms with Crippen LogP contribution in [-0.4, -0.2) is 18.2 Å². The van der Waals surface area contributed by atoms with Gasteiger partial charge in [-0.05, 0) is 52.3 Å². The molecular formula is C15H10BrNO4. The summed E-state index contributed by atoms with van der Waals surface area (Å²) in [6.45, 7) is 0. The molecule has 0 aromatic heterocycles. The number of benzene rings is 2. The molecule has 0 aliphatic rings. The molecule has 0 spiro atoms. The average Bonchev–Trinajstić information content (AvgIpc) is 2.49. The number of aromatic carboxylic acids is 1. The van der Waals surface area contributed by atoms with E-state index in [1.54, 1.807) is 24.3 Å². The molecule has 0 saturated carbocycles. The molecule has 0 saturated heterocycles. The van der Waals surface area contributed by atoms with Crippen molar-refractivity contribution >= 4 is 21.9 Å². The Bertz CT molecular complexity index is 737. The molecule has 0 bridgehead atoms. The summed E-state index contributed by atoms with van der Waals surface area (Å²) in [6.07, 6.45) is 0. The maximum Gasteiger partial charge on any atom is 0.339 e. The highest BCUT2D eigenvalue weighted by atomic mass is 79.9. The van der Waals surface area contributed by atoms with Gasteiger partial charge in [0.2, 0.25) is 0 Å². The molecule has 2 aromatic rings. The number of ether oxygens (including phenoxy) is 2. The van der Waals surface area contributed by atoms with Crippen LogP contribution in [0.1, 0.15) is 15.9 Å². The molecule has 0 fully saturated rings. The zero-order valence-corrected chi connectivity index (χ0v) is 12.5. The third-order valence-corrected chi connectivity index (χ3v) is 3.32.